The predicted octanol–water partition coefficient (Wildman–Crippen LogP) is 3.42. The van der Waals surface area contributed by atoms with E-state index in [1.165, 1.54) is 5.56 Å². The van der Waals surface area contributed by atoms with E-state index in [0.29, 0.717) is 19.0 Å². The first-order valence-corrected chi connectivity index (χ1v) is 9.94. The molecule has 2 aromatic rings. The number of hydrogen-bond donors (Lipinski definition) is 3. The van der Waals surface area contributed by atoms with Gasteiger partial charge >= 0.3 is 0 Å². The molecular formula is C22H34N4O2. The Morgan fingerprint density at radius 3 is 2.39 bits per heavy atom. The minimum absolute atomic E-state index is 0.102. The fourth-order valence-corrected chi connectivity index (χ4v) is 2.99. The first kappa shape index (κ1) is 22.0. The lowest BCUT2D eigenvalue weighted by Gasteiger charge is -2.20. The van der Waals surface area contributed by atoms with Crippen LogP contribution in [-0.2, 0) is 11.8 Å². The summed E-state index contributed by atoms with van der Waals surface area (Å²) in [6.07, 6.45) is 0.176. The van der Waals surface area contributed by atoms with Gasteiger partial charge in [0.2, 0.25) is 0 Å². The highest BCUT2D eigenvalue weighted by Crippen LogP contribution is 2.24. The number of aryl methyl sites for hydroxylation is 2. The summed E-state index contributed by atoms with van der Waals surface area (Å²) in [7, 11) is 0. The van der Waals surface area contributed by atoms with Crippen LogP contribution in [0.25, 0.3) is 0 Å². The molecule has 3 N–H and O–H groups in total. The first-order chi connectivity index (χ1) is 13.2. The molecule has 0 fully saturated rings. The Kier molecular flexibility index (Phi) is 7.63. The van der Waals surface area contributed by atoms with Gasteiger partial charge in [0, 0.05) is 18.7 Å². The Bertz CT molecular complexity index is 753. The molecule has 1 unspecified atom stereocenters. The van der Waals surface area contributed by atoms with Crippen molar-refractivity contribution in [1.29, 1.82) is 0 Å². The second kappa shape index (κ2) is 9.73. The molecule has 0 aliphatic rings. The highest BCUT2D eigenvalue weighted by atomic mass is 16.5. The zero-order valence-corrected chi connectivity index (χ0v) is 18.0. The van der Waals surface area contributed by atoms with E-state index in [1.54, 1.807) is 0 Å². The predicted molar refractivity (Wildman–Crippen MR) is 114 cm³/mol. The summed E-state index contributed by atoms with van der Waals surface area (Å²) in [5.41, 5.74) is 4.28. The fraction of sp³-hybridized carbons (Fsp3) is 0.545. The van der Waals surface area contributed by atoms with Crippen LogP contribution in [0.4, 0.5) is 0 Å². The van der Waals surface area contributed by atoms with E-state index < -0.39 is 6.10 Å². The summed E-state index contributed by atoms with van der Waals surface area (Å²) in [4.78, 5) is 4.53. The molecule has 2 rings (SSSR count). The Morgan fingerprint density at radius 2 is 1.86 bits per heavy atom. The highest BCUT2D eigenvalue weighted by Gasteiger charge is 2.15. The van der Waals surface area contributed by atoms with Crippen LogP contribution >= 0.6 is 0 Å². The quantitative estimate of drug-likeness (QED) is 0.502. The number of hydrogen-bond acceptors (Lipinski definition) is 4. The topological polar surface area (TPSA) is 82.7 Å². The van der Waals surface area contributed by atoms with Gasteiger partial charge in [0.25, 0.3) is 0 Å². The molecule has 1 atom stereocenters. The summed E-state index contributed by atoms with van der Waals surface area (Å²) in [6, 6.07) is 8.13. The number of rotatable bonds is 7. The Morgan fingerprint density at radius 1 is 1.18 bits per heavy atom. The maximum Gasteiger partial charge on any atom is 0.191 e. The van der Waals surface area contributed by atoms with Gasteiger partial charge in [-0.2, -0.15) is 0 Å². The molecule has 0 aliphatic heterocycles. The summed E-state index contributed by atoms with van der Waals surface area (Å²) >= 11 is 0. The lowest BCUT2D eigenvalue weighted by molar-refractivity contribution is 0.187. The molecule has 0 saturated heterocycles. The average molecular weight is 387 g/mol. The molecule has 1 aromatic heterocycles. The van der Waals surface area contributed by atoms with E-state index in [4.69, 9.17) is 4.52 Å². The van der Waals surface area contributed by atoms with Gasteiger partial charge in [-0.1, -0.05) is 50.2 Å². The molecule has 0 saturated carbocycles. The van der Waals surface area contributed by atoms with Crippen molar-refractivity contribution in [2.75, 3.05) is 19.6 Å². The van der Waals surface area contributed by atoms with E-state index in [9.17, 15) is 5.11 Å². The molecule has 6 nitrogen and oxygen atoms in total. The normalized spacial score (nSPS) is 13.5. The van der Waals surface area contributed by atoms with Crippen molar-refractivity contribution >= 4 is 5.96 Å². The molecule has 154 valence electrons. The van der Waals surface area contributed by atoms with Crippen LogP contribution in [0, 0.1) is 13.8 Å². The molecule has 0 radical (unpaired) electrons. The number of guanidine groups is 1. The summed E-state index contributed by atoms with van der Waals surface area (Å²) in [5, 5.41) is 21.0. The molecule has 1 aromatic carbocycles. The monoisotopic (exact) mass is 386 g/mol. The number of nitrogens with one attached hydrogen (secondary N) is 2. The smallest absolute Gasteiger partial charge is 0.191 e. The van der Waals surface area contributed by atoms with E-state index >= 15 is 0 Å². The number of aromatic nitrogens is 1. The van der Waals surface area contributed by atoms with Gasteiger partial charge in [0.15, 0.2) is 5.96 Å². The largest absolute Gasteiger partial charge is 0.386 e. The number of aliphatic imine (C=N–C) groups is 1. The second-order valence-corrected chi connectivity index (χ2v) is 8.09. The van der Waals surface area contributed by atoms with E-state index in [1.807, 2.05) is 32.9 Å². The first-order valence-electron chi connectivity index (χ1n) is 9.94. The third-order valence-corrected chi connectivity index (χ3v) is 4.78. The molecule has 0 bridgehead atoms. The minimum Gasteiger partial charge on any atom is -0.386 e. The van der Waals surface area contributed by atoms with E-state index in [2.05, 4.69) is 53.7 Å². The van der Waals surface area contributed by atoms with Gasteiger partial charge in [-0.25, -0.2) is 0 Å². The second-order valence-electron chi connectivity index (χ2n) is 8.09. The average Bonchev–Trinajstić information content (AvgIpc) is 2.97. The molecule has 0 spiro atoms. The lowest BCUT2D eigenvalue weighted by Crippen LogP contribution is -2.38. The number of nitrogens with zero attached hydrogens (tertiary/aromatic N) is 2. The van der Waals surface area contributed by atoms with Gasteiger partial charge in [0.1, 0.15) is 5.76 Å². The van der Waals surface area contributed by atoms with Gasteiger partial charge in [-0.15, -0.1) is 0 Å². The van der Waals surface area contributed by atoms with Crippen molar-refractivity contribution in [3.63, 3.8) is 0 Å². The minimum atomic E-state index is -0.632. The zero-order chi connectivity index (χ0) is 20.7. The van der Waals surface area contributed by atoms with E-state index in [-0.39, 0.29) is 5.41 Å². The number of benzene rings is 1. The molecule has 28 heavy (non-hydrogen) atoms. The van der Waals surface area contributed by atoms with Crippen LogP contribution < -0.4 is 10.6 Å². The summed E-state index contributed by atoms with van der Waals surface area (Å²) in [5.74, 6) is 1.55. The van der Waals surface area contributed by atoms with Crippen molar-refractivity contribution in [2.45, 2.75) is 59.5 Å². The molecule has 0 amide bonds. The fourth-order valence-electron chi connectivity index (χ4n) is 2.99. The van der Waals surface area contributed by atoms with Crippen LogP contribution in [0.5, 0.6) is 0 Å². The highest BCUT2D eigenvalue weighted by molar-refractivity contribution is 5.79. The van der Waals surface area contributed by atoms with Crippen LogP contribution in [0.1, 0.15) is 61.9 Å². The Hall–Kier alpha value is -2.34. The summed E-state index contributed by atoms with van der Waals surface area (Å²) < 4.78 is 5.20. The lowest BCUT2D eigenvalue weighted by atomic mass is 9.86. The van der Waals surface area contributed by atoms with Gasteiger partial charge in [-0.05, 0) is 43.7 Å². The molecule has 6 heteroatoms. The third kappa shape index (κ3) is 6.09. The van der Waals surface area contributed by atoms with Crippen LogP contribution in [-0.4, -0.2) is 35.9 Å². The summed E-state index contributed by atoms with van der Waals surface area (Å²) in [6.45, 7) is 14.2. The van der Waals surface area contributed by atoms with Crippen LogP contribution in [0.2, 0.25) is 0 Å². The molecule has 0 aliphatic carbocycles. The van der Waals surface area contributed by atoms with Crippen LogP contribution in [0.15, 0.2) is 33.8 Å². The van der Waals surface area contributed by atoms with Crippen molar-refractivity contribution in [3.8, 4) is 0 Å². The van der Waals surface area contributed by atoms with Crippen molar-refractivity contribution in [2.24, 2.45) is 4.99 Å². The maximum atomic E-state index is 10.5. The SMILES string of the molecule is CCNC(=NCC(O)c1ccc(C(C)(C)C)cc1)NCCc1c(C)noc1C. The van der Waals surface area contributed by atoms with E-state index in [0.717, 1.165) is 35.5 Å². The van der Waals surface area contributed by atoms with Gasteiger partial charge in [-0.3, -0.25) is 4.99 Å². The Labute approximate surface area is 168 Å². The van der Waals surface area contributed by atoms with Crippen LogP contribution in [0.3, 0.4) is 0 Å². The van der Waals surface area contributed by atoms with Crippen molar-refractivity contribution in [3.05, 3.63) is 52.4 Å². The van der Waals surface area contributed by atoms with Crippen molar-refractivity contribution < 1.29 is 9.63 Å². The third-order valence-electron chi connectivity index (χ3n) is 4.78. The molecule has 1 heterocycles. The van der Waals surface area contributed by atoms with Gasteiger partial charge < -0.3 is 20.3 Å². The standard InChI is InChI=1S/C22H34N4O2/c1-7-23-21(24-13-12-19-15(2)26-28-16(19)3)25-14-20(27)17-8-10-18(11-9-17)22(4,5)6/h8-11,20,27H,7,12-14H2,1-6H3,(H2,23,24,25). The number of aliphatic hydroxyl groups excluding tert-OH is 1. The zero-order valence-electron chi connectivity index (χ0n) is 18.0. The van der Waals surface area contributed by atoms with Gasteiger partial charge in [0.05, 0.1) is 18.3 Å². The molecular weight excluding hydrogens is 352 g/mol. The maximum absolute atomic E-state index is 10.5. The van der Waals surface area contributed by atoms with Crippen molar-refractivity contribution in [1.82, 2.24) is 15.8 Å². The Balaban J connectivity index is 1.93. The number of aliphatic hydroxyl groups is 1.